The van der Waals surface area contributed by atoms with Gasteiger partial charge in [0.25, 0.3) is 5.56 Å². The first-order valence-electron chi connectivity index (χ1n) is 10.7. The number of nitrogens with zero attached hydrogens (tertiary/aromatic N) is 3. The molecule has 0 saturated carbocycles. The number of aromatic amines is 1. The zero-order valence-corrected chi connectivity index (χ0v) is 18.2. The molecular formula is C22H31N5O4. The van der Waals surface area contributed by atoms with E-state index >= 15 is 0 Å². The minimum atomic E-state index is -0.589. The molecule has 9 nitrogen and oxygen atoms in total. The van der Waals surface area contributed by atoms with Crippen LogP contribution in [0.4, 0.5) is 11.5 Å². The van der Waals surface area contributed by atoms with Crippen molar-refractivity contribution in [2.75, 3.05) is 36.9 Å². The van der Waals surface area contributed by atoms with Crippen molar-refractivity contribution >= 4 is 17.4 Å². The Balaban J connectivity index is 1.97. The van der Waals surface area contributed by atoms with Crippen molar-refractivity contribution in [2.45, 2.75) is 45.9 Å². The van der Waals surface area contributed by atoms with Crippen LogP contribution in [0.2, 0.25) is 0 Å². The molecule has 1 atom stereocenters. The Labute approximate surface area is 181 Å². The van der Waals surface area contributed by atoms with Gasteiger partial charge in [-0.1, -0.05) is 43.7 Å². The van der Waals surface area contributed by atoms with E-state index in [1.807, 2.05) is 44.2 Å². The zero-order valence-electron chi connectivity index (χ0n) is 18.2. The molecule has 9 heteroatoms. The topological polar surface area (TPSA) is 114 Å². The quantitative estimate of drug-likeness (QED) is 0.651. The van der Waals surface area contributed by atoms with E-state index in [0.717, 1.165) is 18.4 Å². The van der Waals surface area contributed by atoms with Crippen LogP contribution in [-0.2, 0) is 22.6 Å². The van der Waals surface area contributed by atoms with Crippen molar-refractivity contribution in [2.24, 2.45) is 0 Å². The Bertz CT molecular complexity index is 1000. The third-order valence-electron chi connectivity index (χ3n) is 5.40. The molecular weight excluding hydrogens is 398 g/mol. The highest BCUT2D eigenvalue weighted by Gasteiger charge is 2.26. The summed E-state index contributed by atoms with van der Waals surface area (Å²) in [6, 6.07) is 9.54. The molecule has 1 aliphatic rings. The number of unbranched alkanes of at least 4 members (excludes halogenated alkanes) is 1. The average molecular weight is 430 g/mol. The second-order valence-corrected chi connectivity index (χ2v) is 7.86. The molecule has 0 bridgehead atoms. The number of nitrogen functional groups attached to an aromatic ring is 1. The summed E-state index contributed by atoms with van der Waals surface area (Å²) in [5.41, 5.74) is 6.26. The lowest BCUT2D eigenvalue weighted by Gasteiger charge is -2.33. The van der Waals surface area contributed by atoms with E-state index in [1.165, 1.54) is 4.57 Å². The Morgan fingerprint density at radius 3 is 2.71 bits per heavy atom. The van der Waals surface area contributed by atoms with Crippen molar-refractivity contribution in [3.05, 3.63) is 56.7 Å². The SMILES string of the molecule is CCCCn1c(N)c(N(CC(=O)N2CCO[C@@H](C)C2)Cc2ccccc2)c(=O)[nH]c1=O. The predicted octanol–water partition coefficient (Wildman–Crippen LogP) is 1.17. The second-order valence-electron chi connectivity index (χ2n) is 7.86. The lowest BCUT2D eigenvalue weighted by Crippen LogP contribution is -2.49. The summed E-state index contributed by atoms with van der Waals surface area (Å²) in [5.74, 6) is -0.0301. The first kappa shape index (κ1) is 22.6. The van der Waals surface area contributed by atoms with Crippen LogP contribution < -0.4 is 21.9 Å². The molecule has 0 radical (unpaired) electrons. The molecule has 1 saturated heterocycles. The van der Waals surface area contributed by atoms with E-state index in [4.69, 9.17) is 10.5 Å². The lowest BCUT2D eigenvalue weighted by molar-refractivity contribution is -0.136. The number of benzene rings is 1. The summed E-state index contributed by atoms with van der Waals surface area (Å²) in [6.45, 7) is 6.11. The van der Waals surface area contributed by atoms with E-state index in [2.05, 4.69) is 4.98 Å². The molecule has 0 aliphatic carbocycles. The number of carbonyl (C=O) groups excluding carboxylic acids is 1. The van der Waals surface area contributed by atoms with Gasteiger partial charge in [-0.2, -0.15) is 0 Å². The van der Waals surface area contributed by atoms with Gasteiger partial charge in [0.05, 0.1) is 19.3 Å². The minimum Gasteiger partial charge on any atom is -0.383 e. The van der Waals surface area contributed by atoms with Crippen LogP contribution in [0.1, 0.15) is 32.3 Å². The Morgan fingerprint density at radius 2 is 2.03 bits per heavy atom. The molecule has 168 valence electrons. The molecule has 31 heavy (non-hydrogen) atoms. The summed E-state index contributed by atoms with van der Waals surface area (Å²) < 4.78 is 6.90. The van der Waals surface area contributed by atoms with Crippen LogP contribution in [0.15, 0.2) is 39.9 Å². The van der Waals surface area contributed by atoms with Crippen molar-refractivity contribution in [3.63, 3.8) is 0 Å². The molecule has 3 N–H and O–H groups in total. The van der Waals surface area contributed by atoms with Crippen molar-refractivity contribution in [3.8, 4) is 0 Å². The molecule has 1 fully saturated rings. The smallest absolute Gasteiger partial charge is 0.330 e. The largest absolute Gasteiger partial charge is 0.383 e. The second kappa shape index (κ2) is 10.3. The van der Waals surface area contributed by atoms with Gasteiger partial charge in [0, 0.05) is 26.2 Å². The van der Waals surface area contributed by atoms with Crippen molar-refractivity contribution < 1.29 is 9.53 Å². The summed E-state index contributed by atoms with van der Waals surface area (Å²) in [4.78, 5) is 44.0. The molecule has 3 rings (SSSR count). The zero-order chi connectivity index (χ0) is 22.4. The van der Waals surface area contributed by atoms with Gasteiger partial charge in [0.2, 0.25) is 5.91 Å². The third-order valence-corrected chi connectivity index (χ3v) is 5.40. The van der Waals surface area contributed by atoms with E-state index in [9.17, 15) is 14.4 Å². The van der Waals surface area contributed by atoms with Crippen LogP contribution in [0.3, 0.4) is 0 Å². The number of morpholine rings is 1. The molecule has 1 aliphatic heterocycles. The molecule has 1 aromatic heterocycles. The van der Waals surface area contributed by atoms with E-state index < -0.39 is 11.2 Å². The highest BCUT2D eigenvalue weighted by Crippen LogP contribution is 2.20. The van der Waals surface area contributed by atoms with Gasteiger partial charge in [-0.15, -0.1) is 0 Å². The molecule has 0 unspecified atom stereocenters. The third kappa shape index (κ3) is 5.55. The lowest BCUT2D eigenvalue weighted by atomic mass is 10.2. The predicted molar refractivity (Wildman–Crippen MR) is 120 cm³/mol. The monoisotopic (exact) mass is 429 g/mol. The van der Waals surface area contributed by atoms with Gasteiger partial charge in [-0.3, -0.25) is 19.1 Å². The number of carbonyl (C=O) groups is 1. The summed E-state index contributed by atoms with van der Waals surface area (Å²) in [5, 5.41) is 0. The summed E-state index contributed by atoms with van der Waals surface area (Å²) in [6.07, 6.45) is 1.59. The highest BCUT2D eigenvalue weighted by molar-refractivity contribution is 5.82. The van der Waals surface area contributed by atoms with Crippen molar-refractivity contribution in [1.29, 1.82) is 0 Å². The molecule has 0 spiro atoms. The molecule has 2 aromatic rings. The van der Waals surface area contributed by atoms with Gasteiger partial charge in [-0.25, -0.2) is 4.79 Å². The Hall–Kier alpha value is -3.07. The number of ether oxygens (including phenoxy) is 1. The first-order chi connectivity index (χ1) is 14.9. The Kier molecular flexibility index (Phi) is 7.51. The van der Waals surface area contributed by atoms with E-state index in [0.29, 0.717) is 32.8 Å². The van der Waals surface area contributed by atoms with Crippen LogP contribution in [-0.4, -0.2) is 52.7 Å². The maximum atomic E-state index is 13.1. The number of H-pyrrole nitrogens is 1. The van der Waals surface area contributed by atoms with E-state index in [-0.39, 0.29) is 30.1 Å². The van der Waals surface area contributed by atoms with Crippen LogP contribution in [0.5, 0.6) is 0 Å². The maximum absolute atomic E-state index is 13.1. The summed E-state index contributed by atoms with van der Waals surface area (Å²) >= 11 is 0. The van der Waals surface area contributed by atoms with Crippen LogP contribution >= 0.6 is 0 Å². The molecule has 1 amide bonds. The number of nitrogens with two attached hydrogens (primary N) is 1. The maximum Gasteiger partial charge on any atom is 0.330 e. The number of anilines is 2. The molecule has 2 heterocycles. The normalized spacial score (nSPS) is 16.3. The van der Waals surface area contributed by atoms with Gasteiger partial charge in [0.1, 0.15) is 11.5 Å². The van der Waals surface area contributed by atoms with Crippen LogP contribution in [0.25, 0.3) is 0 Å². The number of amides is 1. The standard InChI is InChI=1S/C22H31N5O4/c1-3-4-10-27-20(23)19(21(29)24-22(27)30)26(14-17-8-6-5-7-9-17)15-18(28)25-11-12-31-16(2)13-25/h5-9,16H,3-4,10-15,23H2,1-2H3,(H,24,29,30)/t16-/m0/s1. The number of aromatic nitrogens is 2. The number of hydrogen-bond donors (Lipinski definition) is 2. The number of nitrogens with one attached hydrogen (secondary N) is 1. The van der Waals surface area contributed by atoms with E-state index in [1.54, 1.807) is 9.80 Å². The van der Waals surface area contributed by atoms with Gasteiger partial charge >= 0.3 is 5.69 Å². The van der Waals surface area contributed by atoms with Crippen LogP contribution in [0, 0.1) is 0 Å². The molecule has 1 aromatic carbocycles. The van der Waals surface area contributed by atoms with Gasteiger partial charge in [-0.05, 0) is 18.9 Å². The van der Waals surface area contributed by atoms with Gasteiger partial charge in [0.15, 0.2) is 0 Å². The number of hydrogen-bond acceptors (Lipinski definition) is 6. The fourth-order valence-corrected chi connectivity index (χ4v) is 3.75. The first-order valence-corrected chi connectivity index (χ1v) is 10.7. The highest BCUT2D eigenvalue weighted by atomic mass is 16.5. The van der Waals surface area contributed by atoms with Gasteiger partial charge < -0.3 is 20.3 Å². The average Bonchev–Trinajstić information content (AvgIpc) is 2.74. The fourth-order valence-electron chi connectivity index (χ4n) is 3.75. The number of rotatable bonds is 8. The fraction of sp³-hybridized carbons (Fsp3) is 0.500. The van der Waals surface area contributed by atoms with Crippen molar-refractivity contribution in [1.82, 2.24) is 14.5 Å². The summed E-state index contributed by atoms with van der Waals surface area (Å²) in [7, 11) is 0. The minimum absolute atomic E-state index is 0.0269. The Morgan fingerprint density at radius 1 is 1.29 bits per heavy atom.